The van der Waals surface area contributed by atoms with Gasteiger partial charge in [0.2, 0.25) is 0 Å². The summed E-state index contributed by atoms with van der Waals surface area (Å²) < 4.78 is 5.21. The average molecular weight is 242 g/mol. The molecule has 0 heterocycles. The van der Waals surface area contributed by atoms with Gasteiger partial charge in [-0.05, 0) is 19.8 Å². The third kappa shape index (κ3) is 6.81. The van der Waals surface area contributed by atoms with Gasteiger partial charge in [0.1, 0.15) is 0 Å². The van der Waals surface area contributed by atoms with E-state index in [0.717, 1.165) is 26.2 Å². The van der Waals surface area contributed by atoms with Gasteiger partial charge in [-0.3, -0.25) is 4.90 Å². The van der Waals surface area contributed by atoms with Crippen molar-refractivity contribution in [3.63, 3.8) is 0 Å². The van der Waals surface area contributed by atoms with Crippen LogP contribution in [0.2, 0.25) is 0 Å². The van der Waals surface area contributed by atoms with Crippen molar-refractivity contribution in [3.05, 3.63) is 12.7 Å². The molecule has 0 aromatic heterocycles. The van der Waals surface area contributed by atoms with Gasteiger partial charge in [0.25, 0.3) is 0 Å². The van der Waals surface area contributed by atoms with E-state index in [-0.39, 0.29) is 0 Å². The molecular weight excluding hydrogens is 212 g/mol. The number of methoxy groups -OCH3 is 1. The predicted molar refractivity (Wildman–Crippen MR) is 75.5 cm³/mol. The van der Waals surface area contributed by atoms with Gasteiger partial charge in [0.15, 0.2) is 0 Å². The van der Waals surface area contributed by atoms with Crippen molar-refractivity contribution in [2.45, 2.75) is 45.7 Å². The fourth-order valence-electron chi connectivity index (χ4n) is 2.23. The van der Waals surface area contributed by atoms with Gasteiger partial charge in [-0.15, -0.1) is 6.58 Å². The van der Waals surface area contributed by atoms with E-state index in [1.807, 2.05) is 6.08 Å². The normalized spacial score (nSPS) is 13.3. The van der Waals surface area contributed by atoms with Crippen molar-refractivity contribution < 1.29 is 4.74 Å². The minimum atomic E-state index is 0.537. The molecule has 0 aliphatic rings. The highest BCUT2D eigenvalue weighted by Crippen LogP contribution is 2.12. The minimum Gasteiger partial charge on any atom is -0.383 e. The topological polar surface area (TPSA) is 24.5 Å². The Morgan fingerprint density at radius 3 is 2.47 bits per heavy atom. The van der Waals surface area contributed by atoms with Crippen LogP contribution >= 0.6 is 0 Å². The standard InChI is InChI=1S/C14H30N2O/c1-6-9-15-12-13(4)16(10-11-17-5)14(7-2)8-3/h6,13-15H,1,7-12H2,2-5H3. The third-order valence-corrected chi connectivity index (χ3v) is 3.26. The number of rotatable bonds is 11. The Balaban J connectivity index is 4.26. The second kappa shape index (κ2) is 10.8. The molecule has 0 aromatic carbocycles. The van der Waals surface area contributed by atoms with Crippen molar-refractivity contribution in [1.82, 2.24) is 10.2 Å². The number of nitrogens with zero attached hydrogens (tertiary/aromatic N) is 1. The van der Waals surface area contributed by atoms with Crippen LogP contribution in [-0.2, 0) is 4.74 Å². The summed E-state index contributed by atoms with van der Waals surface area (Å²) in [4.78, 5) is 2.56. The smallest absolute Gasteiger partial charge is 0.0589 e. The summed E-state index contributed by atoms with van der Waals surface area (Å²) in [6.45, 7) is 14.2. The molecule has 0 saturated heterocycles. The first-order valence-corrected chi connectivity index (χ1v) is 6.77. The third-order valence-electron chi connectivity index (χ3n) is 3.26. The van der Waals surface area contributed by atoms with Gasteiger partial charge in [-0.1, -0.05) is 19.9 Å². The fourth-order valence-corrected chi connectivity index (χ4v) is 2.23. The summed E-state index contributed by atoms with van der Waals surface area (Å²) in [6.07, 6.45) is 4.31. The van der Waals surface area contributed by atoms with Crippen molar-refractivity contribution >= 4 is 0 Å². The molecule has 1 atom stereocenters. The fraction of sp³-hybridized carbons (Fsp3) is 0.857. The predicted octanol–water partition coefficient (Wildman–Crippen LogP) is 2.29. The quantitative estimate of drug-likeness (QED) is 0.444. The first-order chi connectivity index (χ1) is 8.21. The van der Waals surface area contributed by atoms with Crippen LogP contribution in [-0.4, -0.2) is 50.3 Å². The molecule has 0 saturated carbocycles. The second-order valence-electron chi connectivity index (χ2n) is 4.50. The number of ether oxygens (including phenoxy) is 1. The summed E-state index contributed by atoms with van der Waals surface area (Å²) in [5, 5.41) is 3.39. The maximum absolute atomic E-state index is 5.21. The van der Waals surface area contributed by atoms with E-state index in [2.05, 4.69) is 37.6 Å². The maximum Gasteiger partial charge on any atom is 0.0589 e. The van der Waals surface area contributed by atoms with Crippen LogP contribution in [0.15, 0.2) is 12.7 Å². The van der Waals surface area contributed by atoms with E-state index in [9.17, 15) is 0 Å². The van der Waals surface area contributed by atoms with E-state index in [1.165, 1.54) is 12.8 Å². The molecule has 0 fully saturated rings. The minimum absolute atomic E-state index is 0.537. The lowest BCUT2D eigenvalue weighted by Crippen LogP contribution is -2.47. The van der Waals surface area contributed by atoms with Crippen LogP contribution < -0.4 is 5.32 Å². The monoisotopic (exact) mass is 242 g/mol. The molecule has 0 rings (SSSR count). The zero-order chi connectivity index (χ0) is 13.1. The molecule has 102 valence electrons. The zero-order valence-corrected chi connectivity index (χ0v) is 12.0. The molecular formula is C14H30N2O. The van der Waals surface area contributed by atoms with Crippen LogP contribution in [0.5, 0.6) is 0 Å². The zero-order valence-electron chi connectivity index (χ0n) is 12.0. The molecule has 0 aliphatic heterocycles. The largest absolute Gasteiger partial charge is 0.383 e. The molecule has 0 aromatic rings. The van der Waals surface area contributed by atoms with Crippen LogP contribution in [0.3, 0.4) is 0 Å². The molecule has 3 nitrogen and oxygen atoms in total. The van der Waals surface area contributed by atoms with Gasteiger partial charge in [0, 0.05) is 38.8 Å². The number of hydrogen-bond acceptors (Lipinski definition) is 3. The summed E-state index contributed by atoms with van der Waals surface area (Å²) in [5.41, 5.74) is 0. The van der Waals surface area contributed by atoms with Crippen LogP contribution in [0, 0.1) is 0 Å². The Bertz CT molecular complexity index is 181. The summed E-state index contributed by atoms with van der Waals surface area (Å²) in [7, 11) is 1.77. The van der Waals surface area contributed by atoms with E-state index in [0.29, 0.717) is 12.1 Å². The van der Waals surface area contributed by atoms with E-state index >= 15 is 0 Å². The van der Waals surface area contributed by atoms with Crippen LogP contribution in [0.25, 0.3) is 0 Å². The molecule has 1 unspecified atom stereocenters. The molecule has 0 bridgehead atoms. The molecule has 17 heavy (non-hydrogen) atoms. The molecule has 0 radical (unpaired) electrons. The Morgan fingerprint density at radius 2 is 2.00 bits per heavy atom. The number of nitrogens with one attached hydrogen (secondary N) is 1. The Kier molecular flexibility index (Phi) is 10.5. The van der Waals surface area contributed by atoms with Gasteiger partial charge in [-0.2, -0.15) is 0 Å². The van der Waals surface area contributed by atoms with Gasteiger partial charge in [-0.25, -0.2) is 0 Å². The van der Waals surface area contributed by atoms with Crippen LogP contribution in [0.1, 0.15) is 33.6 Å². The van der Waals surface area contributed by atoms with E-state index in [4.69, 9.17) is 4.74 Å². The SMILES string of the molecule is C=CCNCC(C)N(CCOC)C(CC)CC. The Hall–Kier alpha value is -0.380. The second-order valence-corrected chi connectivity index (χ2v) is 4.50. The first kappa shape index (κ1) is 16.6. The summed E-state index contributed by atoms with van der Waals surface area (Å²) in [5.74, 6) is 0. The highest BCUT2D eigenvalue weighted by Gasteiger charge is 2.20. The highest BCUT2D eigenvalue weighted by atomic mass is 16.5. The van der Waals surface area contributed by atoms with Crippen LogP contribution in [0.4, 0.5) is 0 Å². The lowest BCUT2D eigenvalue weighted by atomic mass is 10.1. The lowest BCUT2D eigenvalue weighted by molar-refractivity contribution is 0.0855. The maximum atomic E-state index is 5.21. The summed E-state index contributed by atoms with van der Waals surface area (Å²) in [6, 6.07) is 1.20. The van der Waals surface area contributed by atoms with Crippen molar-refractivity contribution in [2.24, 2.45) is 0 Å². The Morgan fingerprint density at radius 1 is 1.35 bits per heavy atom. The average Bonchev–Trinajstić information content (AvgIpc) is 2.34. The van der Waals surface area contributed by atoms with E-state index in [1.54, 1.807) is 7.11 Å². The first-order valence-electron chi connectivity index (χ1n) is 6.77. The lowest BCUT2D eigenvalue weighted by Gasteiger charge is -2.35. The molecule has 0 spiro atoms. The van der Waals surface area contributed by atoms with Gasteiger partial charge < -0.3 is 10.1 Å². The van der Waals surface area contributed by atoms with Crippen molar-refractivity contribution in [2.75, 3.05) is 33.4 Å². The van der Waals surface area contributed by atoms with Crippen molar-refractivity contribution in [3.8, 4) is 0 Å². The molecule has 1 N–H and O–H groups in total. The molecule has 3 heteroatoms. The van der Waals surface area contributed by atoms with E-state index < -0.39 is 0 Å². The van der Waals surface area contributed by atoms with Crippen molar-refractivity contribution in [1.29, 1.82) is 0 Å². The highest BCUT2D eigenvalue weighted by molar-refractivity contribution is 4.78. The Labute approximate surface area is 107 Å². The van der Waals surface area contributed by atoms with Gasteiger partial charge in [0.05, 0.1) is 6.61 Å². The molecule has 0 aliphatic carbocycles. The molecule has 0 amide bonds. The summed E-state index contributed by atoms with van der Waals surface area (Å²) >= 11 is 0. The van der Waals surface area contributed by atoms with Gasteiger partial charge >= 0.3 is 0 Å². The number of hydrogen-bond donors (Lipinski definition) is 1.